The minimum atomic E-state index is -2.92. The normalized spacial score (nSPS) is 14.1. The molecule has 2 N–H and O–H groups in total. The molecular weight excluding hydrogens is 533 g/mol. The van der Waals surface area contributed by atoms with Gasteiger partial charge in [-0.3, -0.25) is 9.59 Å². The van der Waals surface area contributed by atoms with Gasteiger partial charge >= 0.3 is 0 Å². The van der Waals surface area contributed by atoms with Gasteiger partial charge in [-0.1, -0.05) is 18.2 Å². The molecule has 0 bridgehead atoms. The Kier molecular flexibility index (Phi) is 7.96. The number of aromatic nitrogens is 3. The highest BCUT2D eigenvalue weighted by molar-refractivity contribution is 5.92. The second-order valence-corrected chi connectivity index (χ2v) is 10.3. The monoisotopic (exact) mass is 564 g/mol. The topological polar surface area (TPSA) is 94.2 Å². The van der Waals surface area contributed by atoms with Crippen molar-refractivity contribution in [1.82, 2.24) is 19.9 Å². The molecule has 0 unspecified atom stereocenters. The third-order valence-electron chi connectivity index (χ3n) is 7.44. The summed E-state index contributed by atoms with van der Waals surface area (Å²) in [6.45, 7) is 4.85. The molecule has 1 saturated heterocycles. The Hall–Kier alpha value is -4.41. The number of halogens is 3. The number of carbonyl (C=O) groups is 1. The van der Waals surface area contributed by atoms with Gasteiger partial charge in [-0.25, -0.2) is 23.1 Å². The van der Waals surface area contributed by atoms with Crippen molar-refractivity contribution in [2.24, 2.45) is 0 Å². The fourth-order valence-electron chi connectivity index (χ4n) is 5.14. The molecule has 11 heteroatoms. The van der Waals surface area contributed by atoms with Gasteiger partial charge in [-0.05, 0) is 51.0 Å². The Morgan fingerprint density at radius 1 is 1.10 bits per heavy atom. The number of aromatic amines is 1. The molecule has 2 aromatic carbocycles. The smallest absolute Gasteiger partial charge is 0.266 e. The number of H-pyrrole nitrogens is 1. The van der Waals surface area contributed by atoms with Crippen LogP contribution in [0, 0.1) is 12.7 Å². The van der Waals surface area contributed by atoms with Crippen LogP contribution in [0.2, 0.25) is 0 Å². The average molecular weight is 565 g/mol. The van der Waals surface area contributed by atoms with Crippen LogP contribution in [0.4, 0.5) is 30.4 Å². The van der Waals surface area contributed by atoms with Gasteiger partial charge in [0.25, 0.3) is 12.0 Å². The van der Waals surface area contributed by atoms with E-state index in [0.29, 0.717) is 46.9 Å². The van der Waals surface area contributed by atoms with Crippen LogP contribution in [-0.2, 0) is 11.2 Å². The minimum Gasteiger partial charge on any atom is -0.363 e. The van der Waals surface area contributed by atoms with E-state index in [9.17, 15) is 22.8 Å². The quantitative estimate of drug-likeness (QED) is 0.281. The van der Waals surface area contributed by atoms with Crippen LogP contribution in [0.3, 0.4) is 0 Å². The zero-order valence-electron chi connectivity index (χ0n) is 23.0. The highest BCUT2D eigenvalue weighted by Gasteiger charge is 2.22. The van der Waals surface area contributed by atoms with E-state index in [1.807, 2.05) is 30.1 Å². The van der Waals surface area contributed by atoms with E-state index < -0.39 is 23.8 Å². The highest BCUT2D eigenvalue weighted by Crippen LogP contribution is 2.33. The van der Waals surface area contributed by atoms with E-state index in [0.717, 1.165) is 24.6 Å². The van der Waals surface area contributed by atoms with Gasteiger partial charge in [0.05, 0.1) is 29.2 Å². The van der Waals surface area contributed by atoms with Gasteiger partial charge in [-0.15, -0.1) is 0 Å². The molecule has 1 aliphatic heterocycles. The Morgan fingerprint density at radius 2 is 1.83 bits per heavy atom. The molecule has 3 heterocycles. The third-order valence-corrected chi connectivity index (χ3v) is 7.44. The molecule has 214 valence electrons. The summed E-state index contributed by atoms with van der Waals surface area (Å²) in [5.41, 5.74) is 1.60. The third kappa shape index (κ3) is 5.89. The largest absolute Gasteiger partial charge is 0.363 e. The van der Waals surface area contributed by atoms with E-state index in [1.54, 1.807) is 31.0 Å². The number of likely N-dealkylation sites (tertiary alicyclic amines) is 1. The number of fused-ring (bicyclic) bond motifs is 1. The van der Waals surface area contributed by atoms with Gasteiger partial charge in [-0.2, -0.15) is 0 Å². The molecule has 0 spiro atoms. The van der Waals surface area contributed by atoms with Gasteiger partial charge in [0.2, 0.25) is 5.91 Å². The first-order chi connectivity index (χ1) is 19.6. The molecule has 1 atom stereocenters. The van der Waals surface area contributed by atoms with Gasteiger partial charge < -0.3 is 20.1 Å². The number of nitrogens with zero attached hydrogens (tertiary/aromatic N) is 4. The standard InChI is InChI=1S/C30H31F3N6O2/c1-17(22-7-6-8-23(27(22)31)28(32)33)35-29-24-15-20(9-10-25(24)36-18(2)37-29)38(3)21-13-19(30(41)34-16-21)14-26(40)39-11-4-5-12-39/h6-10,13,15-17,28H,4-5,11-12,14H2,1-3H3,(H,34,41)(H,35,36,37)/t17-/m1/s1. The Bertz CT molecular complexity index is 1650. The molecule has 0 radical (unpaired) electrons. The lowest BCUT2D eigenvalue weighted by atomic mass is 10.0. The number of carbonyl (C=O) groups excluding carboxylic acids is 1. The lowest BCUT2D eigenvalue weighted by molar-refractivity contribution is -0.129. The summed E-state index contributed by atoms with van der Waals surface area (Å²) in [7, 11) is 1.83. The fraction of sp³-hybridized carbons (Fsp3) is 0.333. The number of nitrogens with one attached hydrogen (secondary N) is 2. The Balaban J connectivity index is 1.45. The minimum absolute atomic E-state index is 0.0249. The average Bonchev–Trinajstić information content (AvgIpc) is 3.49. The lowest BCUT2D eigenvalue weighted by Crippen LogP contribution is -2.31. The van der Waals surface area contributed by atoms with Gasteiger partial charge in [0, 0.05) is 48.5 Å². The maximum atomic E-state index is 14.8. The number of rotatable bonds is 8. The summed E-state index contributed by atoms with van der Waals surface area (Å²) in [5.74, 6) is -0.0972. The van der Waals surface area contributed by atoms with E-state index >= 15 is 0 Å². The first-order valence-electron chi connectivity index (χ1n) is 13.5. The second-order valence-electron chi connectivity index (χ2n) is 10.3. The maximum absolute atomic E-state index is 14.8. The molecule has 1 aliphatic rings. The zero-order chi connectivity index (χ0) is 29.3. The number of benzene rings is 2. The molecule has 2 aromatic heterocycles. The molecule has 4 aromatic rings. The van der Waals surface area contributed by atoms with Crippen LogP contribution < -0.4 is 15.8 Å². The van der Waals surface area contributed by atoms with E-state index in [1.165, 1.54) is 12.1 Å². The second kappa shape index (κ2) is 11.6. The van der Waals surface area contributed by atoms with Crippen molar-refractivity contribution in [3.05, 3.63) is 87.3 Å². The molecule has 5 rings (SSSR count). The van der Waals surface area contributed by atoms with Crippen molar-refractivity contribution in [2.45, 2.75) is 45.6 Å². The van der Waals surface area contributed by atoms with Gasteiger partial charge in [0.15, 0.2) is 0 Å². The number of aryl methyl sites for hydroxylation is 1. The van der Waals surface area contributed by atoms with E-state index in [2.05, 4.69) is 20.3 Å². The number of hydrogen-bond acceptors (Lipinski definition) is 6. The summed E-state index contributed by atoms with van der Waals surface area (Å²) in [6.07, 6.45) is 0.638. The SMILES string of the molecule is Cc1nc(N[C@H](C)c2cccc(C(F)F)c2F)c2cc(N(C)c3c[nH]c(=O)c(CC(=O)N4CCCC4)c3)ccc2n1. The van der Waals surface area contributed by atoms with Crippen molar-refractivity contribution < 1.29 is 18.0 Å². The lowest BCUT2D eigenvalue weighted by Gasteiger charge is -2.22. The predicted octanol–water partition coefficient (Wildman–Crippen LogP) is 5.81. The van der Waals surface area contributed by atoms with Crippen LogP contribution in [0.15, 0.2) is 53.5 Å². The number of amides is 1. The molecule has 41 heavy (non-hydrogen) atoms. The molecular formula is C30H31F3N6O2. The summed E-state index contributed by atoms with van der Waals surface area (Å²) in [5, 5.41) is 3.82. The highest BCUT2D eigenvalue weighted by atomic mass is 19.3. The summed E-state index contributed by atoms with van der Waals surface area (Å²) in [6, 6.07) is 10.6. The van der Waals surface area contributed by atoms with Crippen molar-refractivity contribution in [3.8, 4) is 0 Å². The number of pyridine rings is 1. The number of anilines is 3. The fourth-order valence-corrected chi connectivity index (χ4v) is 5.14. The first-order valence-corrected chi connectivity index (χ1v) is 13.5. The van der Waals surface area contributed by atoms with Crippen molar-refractivity contribution in [2.75, 3.05) is 30.4 Å². The van der Waals surface area contributed by atoms with Crippen molar-refractivity contribution in [3.63, 3.8) is 0 Å². The molecule has 1 amide bonds. The first kappa shape index (κ1) is 28.1. The number of hydrogen-bond donors (Lipinski definition) is 2. The molecule has 1 fully saturated rings. The Morgan fingerprint density at radius 3 is 2.56 bits per heavy atom. The van der Waals surface area contributed by atoms with E-state index in [-0.39, 0.29) is 23.5 Å². The Labute approximate surface area is 235 Å². The maximum Gasteiger partial charge on any atom is 0.266 e. The summed E-state index contributed by atoms with van der Waals surface area (Å²) in [4.78, 5) is 40.6. The van der Waals surface area contributed by atoms with Crippen LogP contribution in [-0.4, -0.2) is 45.9 Å². The van der Waals surface area contributed by atoms with E-state index in [4.69, 9.17) is 0 Å². The predicted molar refractivity (Wildman–Crippen MR) is 152 cm³/mol. The van der Waals surface area contributed by atoms with Crippen LogP contribution >= 0.6 is 0 Å². The zero-order valence-corrected chi connectivity index (χ0v) is 23.0. The van der Waals surface area contributed by atoms with Gasteiger partial charge in [0.1, 0.15) is 17.5 Å². The number of alkyl halides is 2. The van der Waals surface area contributed by atoms with Crippen molar-refractivity contribution >= 4 is 34.0 Å². The molecule has 8 nitrogen and oxygen atoms in total. The van der Waals surface area contributed by atoms with Crippen molar-refractivity contribution in [1.29, 1.82) is 0 Å². The molecule has 0 saturated carbocycles. The van der Waals surface area contributed by atoms with Crippen LogP contribution in [0.25, 0.3) is 10.9 Å². The van der Waals surface area contributed by atoms with Crippen LogP contribution in [0.5, 0.6) is 0 Å². The molecule has 0 aliphatic carbocycles. The summed E-state index contributed by atoms with van der Waals surface area (Å²) < 4.78 is 41.4. The van der Waals surface area contributed by atoms with Crippen LogP contribution in [0.1, 0.15) is 54.7 Å². The summed E-state index contributed by atoms with van der Waals surface area (Å²) >= 11 is 0.